The summed E-state index contributed by atoms with van der Waals surface area (Å²) in [4.78, 5) is 4.77. The van der Waals surface area contributed by atoms with Crippen LogP contribution in [-0.2, 0) is 5.41 Å². The number of anilines is 6. The summed E-state index contributed by atoms with van der Waals surface area (Å²) in [7, 11) is 0. The smallest absolute Gasteiger partial charge is 0.159 e. The second kappa shape index (κ2) is 14.5. The number of para-hydroxylation sites is 5. The molecule has 0 N–H and O–H groups in total. The largest absolute Gasteiger partial charge is 0.454 e. The highest BCUT2D eigenvalue weighted by Gasteiger charge is 2.50. The Hall–Kier alpha value is -8.14. The summed E-state index contributed by atoms with van der Waals surface area (Å²) in [6, 6.07) is 83.7. The summed E-state index contributed by atoms with van der Waals surface area (Å²) in [6.07, 6.45) is 2.30. The van der Waals surface area contributed by atoms with Gasteiger partial charge >= 0.3 is 0 Å². The molecule has 0 aliphatic heterocycles. The molecule has 302 valence electrons. The number of hydrogen-bond donors (Lipinski definition) is 0. The summed E-state index contributed by atoms with van der Waals surface area (Å²) < 4.78 is 6.68. The maximum absolute atomic E-state index is 6.68. The van der Waals surface area contributed by atoms with Crippen LogP contribution in [0.25, 0.3) is 66.1 Å². The highest BCUT2D eigenvalue weighted by molar-refractivity contribution is 6.12. The number of fused-ring (bicyclic) bond motifs is 7. The van der Waals surface area contributed by atoms with Gasteiger partial charge in [-0.05, 0) is 124 Å². The van der Waals surface area contributed by atoms with Crippen molar-refractivity contribution >= 4 is 66.8 Å². The third-order valence-electron chi connectivity index (χ3n) is 13.7. The lowest BCUT2D eigenvalue weighted by atomic mass is 9.73. The van der Waals surface area contributed by atoms with E-state index in [2.05, 4.69) is 234 Å². The van der Waals surface area contributed by atoms with E-state index < -0.39 is 0 Å². The lowest BCUT2D eigenvalue weighted by molar-refractivity contribution is 0.669. The first-order valence-corrected chi connectivity index (χ1v) is 22.3. The molecule has 2 aliphatic carbocycles. The average molecular weight is 819 g/mol. The van der Waals surface area contributed by atoms with Crippen LogP contribution in [0.2, 0.25) is 0 Å². The van der Waals surface area contributed by atoms with Crippen LogP contribution in [0.4, 0.5) is 34.1 Å². The molecule has 1 saturated carbocycles. The summed E-state index contributed by atoms with van der Waals surface area (Å²) in [5.74, 6) is 0. The van der Waals surface area contributed by atoms with Gasteiger partial charge in [-0.25, -0.2) is 0 Å². The summed E-state index contributed by atoms with van der Waals surface area (Å²) in [5.41, 5.74) is 18.7. The normalized spacial score (nSPS) is 13.3. The predicted molar refractivity (Wildman–Crippen MR) is 267 cm³/mol. The molecule has 0 unspecified atom stereocenters. The van der Waals surface area contributed by atoms with Crippen molar-refractivity contribution in [2.45, 2.75) is 18.3 Å². The molecular formula is C61H42N2O. The standard InChI is InChI=1S/C61H42N2O/c1-4-16-42(17-5-1)47-22-10-12-27-55(47)63(57-28-15-25-51-49-23-11-13-29-58(49)64-60(51)57)46-33-30-41(31-34-46)43-32-35-48-50-24-14-26-52-56(37-36-53(59(50)52)61(38-39-61)54(48)40-43)62(44-18-6-2-7-19-44)45-20-8-3-9-21-45/h1-37,40H,38-39H2. The fourth-order valence-corrected chi connectivity index (χ4v) is 10.6. The number of furan rings is 1. The lowest BCUT2D eigenvalue weighted by Crippen LogP contribution is -2.17. The summed E-state index contributed by atoms with van der Waals surface area (Å²) >= 11 is 0. The van der Waals surface area contributed by atoms with Crippen molar-refractivity contribution < 1.29 is 4.42 Å². The highest BCUT2D eigenvalue weighted by Crippen LogP contribution is 2.62. The fraction of sp³-hybridized carbons (Fsp3) is 0.0492. The summed E-state index contributed by atoms with van der Waals surface area (Å²) in [6.45, 7) is 0. The van der Waals surface area contributed by atoms with Crippen LogP contribution in [0, 0.1) is 0 Å². The molecule has 0 amide bonds. The number of rotatable bonds is 8. The van der Waals surface area contributed by atoms with Gasteiger partial charge in [-0.15, -0.1) is 0 Å². The minimum atomic E-state index is 0.00392. The van der Waals surface area contributed by atoms with Gasteiger partial charge in [0.15, 0.2) is 5.58 Å². The lowest BCUT2D eigenvalue weighted by Gasteiger charge is -2.33. The first-order valence-electron chi connectivity index (χ1n) is 22.3. The molecule has 1 heterocycles. The Balaban J connectivity index is 0.926. The van der Waals surface area contributed by atoms with Crippen molar-refractivity contribution in [1.29, 1.82) is 0 Å². The van der Waals surface area contributed by atoms with Crippen LogP contribution in [0.1, 0.15) is 24.0 Å². The molecule has 64 heavy (non-hydrogen) atoms. The Bertz CT molecular complexity index is 3510. The van der Waals surface area contributed by atoms with Crippen LogP contribution in [0.3, 0.4) is 0 Å². The molecule has 3 heteroatoms. The highest BCUT2D eigenvalue weighted by atomic mass is 16.3. The Morgan fingerprint density at radius 1 is 0.344 bits per heavy atom. The first-order chi connectivity index (χ1) is 31.7. The summed E-state index contributed by atoms with van der Waals surface area (Å²) in [5, 5.41) is 4.89. The van der Waals surface area contributed by atoms with Gasteiger partial charge in [0.2, 0.25) is 0 Å². The van der Waals surface area contributed by atoms with Gasteiger partial charge in [0, 0.05) is 44.2 Å². The molecular weight excluding hydrogens is 777 g/mol. The minimum Gasteiger partial charge on any atom is -0.454 e. The van der Waals surface area contributed by atoms with E-state index >= 15 is 0 Å². The van der Waals surface area contributed by atoms with Gasteiger partial charge < -0.3 is 14.2 Å². The fourth-order valence-electron chi connectivity index (χ4n) is 10.6. The maximum Gasteiger partial charge on any atom is 0.159 e. The molecule has 1 spiro atoms. The quantitative estimate of drug-likeness (QED) is 0.152. The first kappa shape index (κ1) is 36.5. The Morgan fingerprint density at radius 2 is 0.938 bits per heavy atom. The van der Waals surface area contributed by atoms with Gasteiger partial charge in [0.1, 0.15) is 5.58 Å². The third-order valence-corrected chi connectivity index (χ3v) is 13.7. The number of hydrogen-bond acceptors (Lipinski definition) is 3. The van der Waals surface area contributed by atoms with E-state index in [4.69, 9.17) is 4.42 Å². The Morgan fingerprint density at radius 3 is 1.70 bits per heavy atom. The molecule has 13 rings (SSSR count). The maximum atomic E-state index is 6.68. The molecule has 0 atom stereocenters. The third kappa shape index (κ3) is 5.67. The van der Waals surface area contributed by atoms with E-state index in [1.165, 1.54) is 49.8 Å². The van der Waals surface area contributed by atoms with Crippen LogP contribution >= 0.6 is 0 Å². The van der Waals surface area contributed by atoms with Crippen LogP contribution in [0.5, 0.6) is 0 Å². The molecule has 10 aromatic carbocycles. The zero-order valence-corrected chi connectivity index (χ0v) is 35.2. The van der Waals surface area contributed by atoms with E-state index in [9.17, 15) is 0 Å². The van der Waals surface area contributed by atoms with Crippen LogP contribution in [0.15, 0.2) is 235 Å². The molecule has 11 aromatic rings. The van der Waals surface area contributed by atoms with Crippen LogP contribution in [-0.4, -0.2) is 0 Å². The van der Waals surface area contributed by atoms with Gasteiger partial charge in [-0.1, -0.05) is 164 Å². The van der Waals surface area contributed by atoms with Crippen molar-refractivity contribution in [3.05, 3.63) is 242 Å². The van der Waals surface area contributed by atoms with Crippen molar-refractivity contribution in [3.63, 3.8) is 0 Å². The van der Waals surface area contributed by atoms with Crippen molar-refractivity contribution in [2.75, 3.05) is 9.80 Å². The zero-order chi connectivity index (χ0) is 42.2. The van der Waals surface area contributed by atoms with Crippen molar-refractivity contribution in [3.8, 4) is 33.4 Å². The van der Waals surface area contributed by atoms with E-state index in [1.54, 1.807) is 0 Å². The second-order valence-electron chi connectivity index (χ2n) is 17.2. The topological polar surface area (TPSA) is 19.6 Å². The SMILES string of the molecule is c1ccc(-c2ccccc2N(c2ccc(-c3ccc4c(c3)C3(CC3)c3ccc(N(c5ccccc5)c5ccccc5)c5cccc-4c35)cc2)c2cccc3c2oc2ccccc23)cc1. The molecule has 1 aromatic heterocycles. The average Bonchev–Trinajstić information content (AvgIpc) is 4.07. The second-order valence-corrected chi connectivity index (χ2v) is 17.2. The van der Waals surface area contributed by atoms with E-state index in [0.717, 1.165) is 74.3 Å². The van der Waals surface area contributed by atoms with Gasteiger partial charge in [-0.2, -0.15) is 0 Å². The van der Waals surface area contributed by atoms with E-state index in [-0.39, 0.29) is 5.41 Å². The van der Waals surface area contributed by atoms with Crippen molar-refractivity contribution in [2.24, 2.45) is 0 Å². The minimum absolute atomic E-state index is 0.00392. The number of nitrogens with zero attached hydrogens (tertiary/aromatic N) is 2. The van der Waals surface area contributed by atoms with Crippen molar-refractivity contribution in [1.82, 2.24) is 0 Å². The van der Waals surface area contributed by atoms with Crippen LogP contribution < -0.4 is 9.80 Å². The molecule has 0 radical (unpaired) electrons. The van der Waals surface area contributed by atoms with Gasteiger partial charge in [0.05, 0.1) is 17.1 Å². The monoisotopic (exact) mass is 818 g/mol. The molecule has 3 nitrogen and oxygen atoms in total. The predicted octanol–water partition coefficient (Wildman–Crippen LogP) is 17.1. The molecule has 1 fully saturated rings. The van der Waals surface area contributed by atoms with Gasteiger partial charge in [-0.3, -0.25) is 0 Å². The van der Waals surface area contributed by atoms with E-state index in [0.29, 0.717) is 0 Å². The Labute approximate surface area is 372 Å². The Kier molecular flexibility index (Phi) is 8.26. The molecule has 0 saturated heterocycles. The molecule has 2 aliphatic rings. The van der Waals surface area contributed by atoms with Gasteiger partial charge in [0.25, 0.3) is 0 Å². The number of benzene rings is 10. The molecule has 0 bridgehead atoms. The zero-order valence-electron chi connectivity index (χ0n) is 35.2. The van der Waals surface area contributed by atoms with E-state index in [1.807, 2.05) is 6.07 Å².